The lowest BCUT2D eigenvalue weighted by Gasteiger charge is -2.04. The molecule has 0 saturated heterocycles. The van der Waals surface area contributed by atoms with Gasteiger partial charge in [0, 0.05) is 0 Å². The van der Waals surface area contributed by atoms with Crippen LogP contribution in [0.4, 0.5) is 10.4 Å². The Hall–Kier alpha value is -3.07. The van der Waals surface area contributed by atoms with Crippen molar-refractivity contribution in [3.63, 3.8) is 0 Å². The minimum absolute atomic E-state index is 0.0181. The molecule has 0 bridgehead atoms. The topological polar surface area (TPSA) is 102 Å². The number of anilines is 1. The van der Waals surface area contributed by atoms with Crippen molar-refractivity contribution in [3.8, 4) is 0 Å². The molecule has 1 amide bonds. The highest BCUT2D eigenvalue weighted by atomic mass is 32.2. The summed E-state index contributed by atoms with van der Waals surface area (Å²) >= 11 is 0. The number of amides is 1. The van der Waals surface area contributed by atoms with Gasteiger partial charge in [-0.25, -0.2) is 12.8 Å². The molecule has 0 aliphatic heterocycles. The minimum atomic E-state index is -3.27. The van der Waals surface area contributed by atoms with E-state index in [-0.39, 0.29) is 40.7 Å². The lowest BCUT2D eigenvalue weighted by Crippen LogP contribution is -2.14. The Morgan fingerprint density at radius 1 is 1.04 bits per heavy atom. The second kappa shape index (κ2) is 8.30. The van der Waals surface area contributed by atoms with Gasteiger partial charge in [-0.3, -0.25) is 10.1 Å². The Morgan fingerprint density at radius 2 is 1.68 bits per heavy atom. The maximum atomic E-state index is 12.9. The summed E-state index contributed by atoms with van der Waals surface area (Å²) in [5.41, 5.74) is 1.45. The molecule has 3 aromatic rings. The van der Waals surface area contributed by atoms with Crippen LogP contribution < -0.4 is 5.32 Å². The first-order valence-electron chi connectivity index (χ1n) is 8.54. The van der Waals surface area contributed by atoms with Gasteiger partial charge in [0.2, 0.25) is 11.8 Å². The Bertz CT molecular complexity index is 1060. The average molecular weight is 403 g/mol. The standard InChI is InChI=1S/C19H18FN3O4S/c1-2-28(25,26)16-9-5-13(6-10-16)11-17(24)21-19-23-22-18(27-19)12-14-3-7-15(20)8-4-14/h3-10H,2,11-12H2,1H3,(H,21,23,24). The van der Waals surface area contributed by atoms with E-state index in [1.807, 2.05) is 0 Å². The van der Waals surface area contributed by atoms with Gasteiger partial charge in [0.1, 0.15) is 5.82 Å². The number of carbonyl (C=O) groups excluding carboxylic acids is 1. The number of sulfone groups is 1. The van der Waals surface area contributed by atoms with Crippen molar-refractivity contribution in [3.05, 3.63) is 71.4 Å². The van der Waals surface area contributed by atoms with Gasteiger partial charge in [0.25, 0.3) is 0 Å². The van der Waals surface area contributed by atoms with E-state index in [4.69, 9.17) is 4.42 Å². The molecule has 2 aromatic carbocycles. The normalized spacial score (nSPS) is 11.4. The number of aromatic nitrogens is 2. The van der Waals surface area contributed by atoms with Gasteiger partial charge in [-0.2, -0.15) is 0 Å². The van der Waals surface area contributed by atoms with Crippen LogP contribution in [0.1, 0.15) is 23.9 Å². The Balaban J connectivity index is 1.58. The summed E-state index contributed by atoms with van der Waals surface area (Å²) in [5.74, 6) is -0.397. The van der Waals surface area contributed by atoms with E-state index in [1.165, 1.54) is 24.3 Å². The zero-order valence-electron chi connectivity index (χ0n) is 15.1. The summed E-state index contributed by atoms with van der Waals surface area (Å²) in [6, 6.07) is 12.0. The summed E-state index contributed by atoms with van der Waals surface area (Å²) in [6.45, 7) is 1.57. The third-order valence-electron chi connectivity index (χ3n) is 4.01. The molecular weight excluding hydrogens is 385 g/mol. The number of rotatable bonds is 7. The van der Waals surface area contributed by atoms with Crippen LogP contribution in [0.5, 0.6) is 0 Å². The smallest absolute Gasteiger partial charge is 0.322 e. The summed E-state index contributed by atoms with van der Waals surface area (Å²) in [6.07, 6.45) is 0.346. The first kappa shape index (κ1) is 19.7. The van der Waals surface area contributed by atoms with Crippen molar-refractivity contribution in [2.45, 2.75) is 24.7 Å². The fourth-order valence-electron chi connectivity index (χ4n) is 2.48. The van der Waals surface area contributed by atoms with Crippen molar-refractivity contribution in [2.75, 3.05) is 11.1 Å². The molecule has 28 heavy (non-hydrogen) atoms. The zero-order valence-corrected chi connectivity index (χ0v) is 15.9. The van der Waals surface area contributed by atoms with Gasteiger partial charge < -0.3 is 4.42 Å². The number of nitrogens with one attached hydrogen (secondary N) is 1. The number of carbonyl (C=O) groups is 1. The van der Waals surface area contributed by atoms with Gasteiger partial charge in [-0.15, -0.1) is 5.10 Å². The average Bonchev–Trinajstić information content (AvgIpc) is 3.10. The highest BCUT2D eigenvalue weighted by Gasteiger charge is 2.13. The van der Waals surface area contributed by atoms with E-state index in [0.717, 1.165) is 5.56 Å². The van der Waals surface area contributed by atoms with E-state index < -0.39 is 9.84 Å². The third kappa shape index (κ3) is 5.01. The van der Waals surface area contributed by atoms with Crippen LogP contribution >= 0.6 is 0 Å². The summed E-state index contributed by atoms with van der Waals surface area (Å²) in [5, 5.41) is 10.1. The molecule has 1 N–H and O–H groups in total. The van der Waals surface area contributed by atoms with Gasteiger partial charge in [-0.05, 0) is 35.4 Å². The maximum absolute atomic E-state index is 12.9. The van der Waals surface area contributed by atoms with Gasteiger partial charge >= 0.3 is 6.01 Å². The van der Waals surface area contributed by atoms with E-state index >= 15 is 0 Å². The molecule has 0 atom stereocenters. The highest BCUT2D eigenvalue weighted by molar-refractivity contribution is 7.91. The molecule has 0 unspecified atom stereocenters. The molecule has 1 heterocycles. The largest absolute Gasteiger partial charge is 0.407 e. The molecule has 0 radical (unpaired) electrons. The van der Waals surface area contributed by atoms with Crippen molar-refractivity contribution in [1.29, 1.82) is 0 Å². The summed E-state index contributed by atoms with van der Waals surface area (Å²) in [4.78, 5) is 12.3. The molecule has 146 valence electrons. The van der Waals surface area contributed by atoms with Crippen molar-refractivity contribution in [2.24, 2.45) is 0 Å². The highest BCUT2D eigenvalue weighted by Crippen LogP contribution is 2.14. The summed E-state index contributed by atoms with van der Waals surface area (Å²) in [7, 11) is -3.27. The molecule has 9 heteroatoms. The fourth-order valence-corrected chi connectivity index (χ4v) is 3.37. The summed E-state index contributed by atoms with van der Waals surface area (Å²) < 4.78 is 41.9. The van der Waals surface area contributed by atoms with Crippen LogP contribution in [0.3, 0.4) is 0 Å². The van der Waals surface area contributed by atoms with Crippen LogP contribution in [-0.2, 0) is 27.5 Å². The van der Waals surface area contributed by atoms with Gasteiger partial charge in [0.05, 0.1) is 23.5 Å². The molecule has 7 nitrogen and oxygen atoms in total. The maximum Gasteiger partial charge on any atom is 0.322 e. The SMILES string of the molecule is CCS(=O)(=O)c1ccc(CC(=O)Nc2nnc(Cc3ccc(F)cc3)o2)cc1. The van der Waals surface area contributed by atoms with Crippen molar-refractivity contribution >= 4 is 21.8 Å². The van der Waals surface area contributed by atoms with Crippen molar-refractivity contribution in [1.82, 2.24) is 10.2 Å². The van der Waals surface area contributed by atoms with E-state index in [9.17, 15) is 17.6 Å². The van der Waals surface area contributed by atoms with E-state index in [2.05, 4.69) is 15.5 Å². The molecule has 0 saturated carbocycles. The lowest BCUT2D eigenvalue weighted by atomic mass is 10.1. The molecule has 1 aromatic heterocycles. The number of nitrogens with zero attached hydrogens (tertiary/aromatic N) is 2. The van der Waals surface area contributed by atoms with Crippen molar-refractivity contribution < 1.29 is 22.0 Å². The number of benzene rings is 2. The minimum Gasteiger partial charge on any atom is -0.407 e. The Morgan fingerprint density at radius 3 is 2.32 bits per heavy atom. The number of hydrogen-bond acceptors (Lipinski definition) is 6. The first-order valence-corrected chi connectivity index (χ1v) is 10.2. The molecule has 3 rings (SSSR count). The predicted molar refractivity (Wildman–Crippen MR) is 100 cm³/mol. The van der Waals surface area contributed by atoms with E-state index in [1.54, 1.807) is 31.2 Å². The van der Waals surface area contributed by atoms with E-state index in [0.29, 0.717) is 12.0 Å². The van der Waals surface area contributed by atoms with Crippen LogP contribution in [0.15, 0.2) is 57.8 Å². The van der Waals surface area contributed by atoms with Gasteiger partial charge in [0.15, 0.2) is 9.84 Å². The molecule has 0 spiro atoms. The number of halogens is 1. The van der Waals surface area contributed by atoms with Crippen LogP contribution in [0, 0.1) is 5.82 Å². The Kier molecular flexibility index (Phi) is 5.84. The lowest BCUT2D eigenvalue weighted by molar-refractivity contribution is -0.115. The third-order valence-corrected chi connectivity index (χ3v) is 5.76. The second-order valence-electron chi connectivity index (χ2n) is 6.08. The second-order valence-corrected chi connectivity index (χ2v) is 8.35. The number of hydrogen-bond donors (Lipinski definition) is 1. The van der Waals surface area contributed by atoms with Gasteiger partial charge in [-0.1, -0.05) is 36.3 Å². The molecule has 0 aliphatic carbocycles. The Labute approximate surface area is 161 Å². The molecular formula is C19H18FN3O4S. The molecule has 0 aliphatic rings. The zero-order chi connectivity index (χ0) is 20.1. The fraction of sp³-hybridized carbons (Fsp3) is 0.211. The predicted octanol–water partition coefficient (Wildman–Crippen LogP) is 2.77. The van der Waals surface area contributed by atoms with Crippen LogP contribution in [0.25, 0.3) is 0 Å². The van der Waals surface area contributed by atoms with Crippen LogP contribution in [0.2, 0.25) is 0 Å². The monoisotopic (exact) mass is 403 g/mol. The van der Waals surface area contributed by atoms with Crippen LogP contribution in [-0.4, -0.2) is 30.3 Å². The first-order chi connectivity index (χ1) is 13.4. The quantitative estimate of drug-likeness (QED) is 0.651. The molecule has 0 fully saturated rings.